The fraction of sp³-hybridized carbons (Fsp3) is 0.462. The number of carbonyl (C=O) groups is 1. The number of likely N-dealkylation sites (tertiary alicyclic amines) is 1. The van der Waals surface area contributed by atoms with Crippen LogP contribution in [0.3, 0.4) is 0 Å². The predicted molar refractivity (Wildman–Crippen MR) is 75.7 cm³/mol. The molecule has 0 saturated carbocycles. The van der Waals surface area contributed by atoms with Crippen molar-refractivity contribution >= 4 is 22.4 Å². The molecule has 1 aliphatic heterocycles. The zero-order valence-electron chi connectivity index (χ0n) is 11.0. The van der Waals surface area contributed by atoms with E-state index in [2.05, 4.69) is 20.2 Å². The Bertz CT molecular complexity index is 533. The molecule has 0 radical (unpaired) electrons. The number of hydrogen-bond acceptors (Lipinski definition) is 6. The van der Waals surface area contributed by atoms with Gasteiger partial charge in [0.05, 0.1) is 12.7 Å². The summed E-state index contributed by atoms with van der Waals surface area (Å²) in [5.74, 6) is 1.19. The van der Waals surface area contributed by atoms with Crippen molar-refractivity contribution in [3.05, 3.63) is 29.9 Å². The minimum absolute atomic E-state index is 0.00507. The van der Waals surface area contributed by atoms with Crippen molar-refractivity contribution < 1.29 is 9.21 Å². The van der Waals surface area contributed by atoms with Gasteiger partial charge in [-0.3, -0.25) is 9.69 Å². The molecule has 2 aromatic rings. The minimum Gasteiger partial charge on any atom is -0.449 e. The maximum Gasteiger partial charge on any atom is 0.240 e. The highest BCUT2D eigenvalue weighted by molar-refractivity contribution is 7.13. The third-order valence-corrected chi connectivity index (χ3v) is 4.12. The van der Waals surface area contributed by atoms with Crippen LogP contribution in [0.15, 0.2) is 28.5 Å². The first-order chi connectivity index (χ1) is 9.81. The first-order valence-electron chi connectivity index (χ1n) is 6.62. The van der Waals surface area contributed by atoms with Crippen LogP contribution >= 0.6 is 11.3 Å². The van der Waals surface area contributed by atoms with Gasteiger partial charge in [-0.15, -0.1) is 11.3 Å². The van der Waals surface area contributed by atoms with Crippen LogP contribution in [0.1, 0.15) is 24.7 Å². The van der Waals surface area contributed by atoms with Crippen LogP contribution in [0.25, 0.3) is 0 Å². The van der Waals surface area contributed by atoms with Gasteiger partial charge in [0.2, 0.25) is 5.91 Å². The Morgan fingerprint density at radius 2 is 2.25 bits per heavy atom. The van der Waals surface area contributed by atoms with E-state index in [1.54, 1.807) is 18.7 Å². The van der Waals surface area contributed by atoms with E-state index in [1.165, 1.54) is 11.3 Å². The van der Waals surface area contributed by atoms with Crippen LogP contribution in [0.2, 0.25) is 0 Å². The van der Waals surface area contributed by atoms with E-state index < -0.39 is 0 Å². The van der Waals surface area contributed by atoms with E-state index in [0.717, 1.165) is 31.8 Å². The number of rotatable bonds is 4. The Morgan fingerprint density at radius 1 is 1.40 bits per heavy atom. The molecule has 20 heavy (non-hydrogen) atoms. The summed E-state index contributed by atoms with van der Waals surface area (Å²) in [6.45, 7) is 2.19. The number of hydrogen-bond donors (Lipinski definition) is 1. The Morgan fingerprint density at radius 3 is 2.90 bits per heavy atom. The summed E-state index contributed by atoms with van der Waals surface area (Å²) in [7, 11) is 0. The highest BCUT2D eigenvalue weighted by Crippen LogP contribution is 2.26. The summed E-state index contributed by atoms with van der Waals surface area (Å²) in [6, 6.07) is 0. The molecule has 0 spiro atoms. The second kappa shape index (κ2) is 6.15. The van der Waals surface area contributed by atoms with E-state index in [4.69, 9.17) is 4.42 Å². The van der Waals surface area contributed by atoms with Crippen LogP contribution in [0.5, 0.6) is 0 Å². The summed E-state index contributed by atoms with van der Waals surface area (Å²) in [4.78, 5) is 22.3. The van der Waals surface area contributed by atoms with E-state index >= 15 is 0 Å². The molecule has 0 unspecified atom stereocenters. The predicted octanol–water partition coefficient (Wildman–Crippen LogP) is 1.95. The van der Waals surface area contributed by atoms with Gasteiger partial charge in [0.15, 0.2) is 11.0 Å². The number of thiazole rings is 1. The zero-order chi connectivity index (χ0) is 13.8. The Kier molecular flexibility index (Phi) is 4.08. The van der Waals surface area contributed by atoms with Gasteiger partial charge in [-0.2, -0.15) is 0 Å². The topological polar surface area (TPSA) is 71.3 Å². The molecule has 1 aliphatic rings. The lowest BCUT2D eigenvalue weighted by Gasteiger charge is -2.29. The maximum absolute atomic E-state index is 11.9. The van der Waals surface area contributed by atoms with Crippen molar-refractivity contribution in [1.82, 2.24) is 14.9 Å². The molecule has 1 saturated heterocycles. The number of amides is 1. The maximum atomic E-state index is 11.9. The van der Waals surface area contributed by atoms with Crippen LogP contribution in [-0.4, -0.2) is 40.4 Å². The van der Waals surface area contributed by atoms with Gasteiger partial charge in [-0.05, 0) is 25.9 Å². The molecule has 1 N–H and O–H groups in total. The largest absolute Gasteiger partial charge is 0.449 e. The van der Waals surface area contributed by atoms with Crippen molar-refractivity contribution in [3.8, 4) is 0 Å². The summed E-state index contributed by atoms with van der Waals surface area (Å²) in [6.07, 6.45) is 6.94. The van der Waals surface area contributed by atoms with Gasteiger partial charge >= 0.3 is 0 Å². The molecule has 0 atom stereocenters. The van der Waals surface area contributed by atoms with Gasteiger partial charge in [0.1, 0.15) is 6.26 Å². The molecular formula is C13H16N4O2S. The highest BCUT2D eigenvalue weighted by Gasteiger charge is 2.24. The molecule has 1 amide bonds. The average molecular weight is 292 g/mol. The van der Waals surface area contributed by atoms with Gasteiger partial charge in [0, 0.05) is 17.5 Å². The monoisotopic (exact) mass is 292 g/mol. The number of piperidine rings is 1. The average Bonchev–Trinajstić information content (AvgIpc) is 3.12. The molecule has 1 fully saturated rings. The highest BCUT2D eigenvalue weighted by atomic mass is 32.1. The van der Waals surface area contributed by atoms with Gasteiger partial charge < -0.3 is 9.73 Å². The number of carbonyl (C=O) groups excluding carboxylic acids is 1. The Hall–Kier alpha value is -1.73. The summed E-state index contributed by atoms with van der Waals surface area (Å²) in [5.41, 5.74) is 0. The molecule has 0 aromatic carbocycles. The van der Waals surface area contributed by atoms with Crippen molar-refractivity contribution in [2.45, 2.75) is 18.8 Å². The second-order valence-corrected chi connectivity index (χ2v) is 5.70. The van der Waals surface area contributed by atoms with E-state index in [-0.39, 0.29) is 5.91 Å². The van der Waals surface area contributed by atoms with Crippen LogP contribution in [0, 0.1) is 0 Å². The van der Waals surface area contributed by atoms with Crippen LogP contribution in [-0.2, 0) is 4.79 Å². The molecule has 3 heterocycles. The quantitative estimate of drug-likeness (QED) is 0.932. The summed E-state index contributed by atoms with van der Waals surface area (Å²) >= 11 is 1.43. The van der Waals surface area contributed by atoms with Gasteiger partial charge in [-0.25, -0.2) is 9.97 Å². The Labute approximate surface area is 120 Å². The summed E-state index contributed by atoms with van der Waals surface area (Å²) < 4.78 is 5.34. The molecule has 2 aromatic heterocycles. The zero-order valence-corrected chi connectivity index (χ0v) is 11.8. The molecule has 0 bridgehead atoms. The lowest BCUT2D eigenvalue weighted by Crippen LogP contribution is -2.38. The van der Waals surface area contributed by atoms with Crippen molar-refractivity contribution in [1.29, 1.82) is 0 Å². The fourth-order valence-corrected chi connectivity index (χ4v) is 2.97. The number of aromatic nitrogens is 2. The molecule has 106 valence electrons. The third kappa shape index (κ3) is 3.23. The first kappa shape index (κ1) is 13.3. The van der Waals surface area contributed by atoms with Gasteiger partial charge in [-0.1, -0.05) is 0 Å². The van der Waals surface area contributed by atoms with Gasteiger partial charge in [0.25, 0.3) is 0 Å². The molecule has 0 aliphatic carbocycles. The number of nitrogens with zero attached hydrogens (tertiary/aromatic N) is 3. The van der Waals surface area contributed by atoms with Crippen molar-refractivity contribution in [3.63, 3.8) is 0 Å². The number of oxazole rings is 1. The number of anilines is 1. The number of nitrogens with one attached hydrogen (secondary N) is 1. The summed E-state index contributed by atoms with van der Waals surface area (Å²) in [5, 5.41) is 5.31. The van der Waals surface area contributed by atoms with E-state index in [1.807, 2.05) is 5.38 Å². The van der Waals surface area contributed by atoms with Crippen molar-refractivity contribution in [2.24, 2.45) is 0 Å². The molecule has 6 nitrogen and oxygen atoms in total. The van der Waals surface area contributed by atoms with Crippen molar-refractivity contribution in [2.75, 3.05) is 25.0 Å². The minimum atomic E-state index is -0.00507. The molecule has 7 heteroatoms. The standard InChI is InChI=1S/C13H16N4O2S/c18-11(16-13-15-4-8-20-13)9-17-5-1-10(2-6-17)12-14-3-7-19-12/h3-4,7-8,10H,1-2,5-6,9H2,(H,15,16,18). The fourth-order valence-electron chi connectivity index (χ4n) is 2.42. The first-order valence-corrected chi connectivity index (χ1v) is 7.50. The SMILES string of the molecule is O=C(CN1CCC(c2ncco2)CC1)Nc1nccs1. The van der Waals surface area contributed by atoms with E-state index in [0.29, 0.717) is 17.6 Å². The smallest absolute Gasteiger partial charge is 0.240 e. The lowest BCUT2D eigenvalue weighted by atomic mass is 9.97. The third-order valence-electron chi connectivity index (χ3n) is 3.43. The second-order valence-electron chi connectivity index (χ2n) is 4.81. The molecule has 3 rings (SSSR count). The Balaban J connectivity index is 1.45. The lowest BCUT2D eigenvalue weighted by molar-refractivity contribution is -0.117. The van der Waals surface area contributed by atoms with Crippen LogP contribution in [0.4, 0.5) is 5.13 Å². The molecular weight excluding hydrogens is 276 g/mol. The van der Waals surface area contributed by atoms with E-state index in [9.17, 15) is 4.79 Å². The van der Waals surface area contributed by atoms with Crippen LogP contribution < -0.4 is 5.32 Å². The normalized spacial score (nSPS) is 17.2.